The lowest BCUT2D eigenvalue weighted by molar-refractivity contribution is 0.496. The van der Waals surface area contributed by atoms with Crippen molar-refractivity contribution >= 4 is 18.1 Å². The highest BCUT2D eigenvalue weighted by molar-refractivity contribution is 5.92. The quantitative estimate of drug-likeness (QED) is 0.313. The average molecular weight is 508 g/mol. The predicted molar refractivity (Wildman–Crippen MR) is 170 cm³/mol. The molecule has 1 aliphatic carbocycles. The minimum Gasteiger partial charge on any atom is -0.289 e. The molecule has 37 heavy (non-hydrogen) atoms. The summed E-state index contributed by atoms with van der Waals surface area (Å²) in [7, 11) is 0. The fourth-order valence-electron chi connectivity index (χ4n) is 3.59. The maximum Gasteiger partial charge on any atom is 0.0576 e. The Labute approximate surface area is 230 Å². The molecule has 208 valence electrons. The van der Waals surface area contributed by atoms with Gasteiger partial charge in [-0.05, 0) is 22.8 Å². The van der Waals surface area contributed by atoms with Gasteiger partial charge in [0.05, 0.1) is 6.54 Å². The van der Waals surface area contributed by atoms with E-state index in [1.807, 2.05) is 18.6 Å². The van der Waals surface area contributed by atoms with Crippen LogP contribution in [0, 0.1) is 21.7 Å². The minimum absolute atomic E-state index is 0. The fraction of sp³-hybridized carbons (Fsp3) is 0.618. The zero-order chi connectivity index (χ0) is 27.6. The molecule has 0 saturated carbocycles. The third-order valence-corrected chi connectivity index (χ3v) is 6.18. The van der Waals surface area contributed by atoms with Crippen LogP contribution in [-0.2, 0) is 0 Å². The van der Waals surface area contributed by atoms with Gasteiger partial charge in [-0.15, -0.1) is 0 Å². The van der Waals surface area contributed by atoms with Crippen molar-refractivity contribution in [2.24, 2.45) is 36.6 Å². The molecule has 0 amide bonds. The van der Waals surface area contributed by atoms with E-state index in [0.717, 1.165) is 25.8 Å². The van der Waals surface area contributed by atoms with E-state index in [1.54, 1.807) is 5.57 Å². The van der Waals surface area contributed by atoms with Gasteiger partial charge < -0.3 is 0 Å². The summed E-state index contributed by atoms with van der Waals surface area (Å²) in [5, 5.41) is 0. The van der Waals surface area contributed by atoms with Gasteiger partial charge in [-0.3, -0.25) is 15.0 Å². The van der Waals surface area contributed by atoms with Gasteiger partial charge >= 0.3 is 0 Å². The van der Waals surface area contributed by atoms with Crippen LogP contribution in [0.1, 0.15) is 110 Å². The molecule has 3 heteroatoms. The van der Waals surface area contributed by atoms with Crippen LogP contribution in [0.2, 0.25) is 0 Å². The van der Waals surface area contributed by atoms with E-state index >= 15 is 0 Å². The molecule has 0 N–H and O–H groups in total. The maximum atomic E-state index is 4.24. The largest absolute Gasteiger partial charge is 0.289 e. The van der Waals surface area contributed by atoms with E-state index < -0.39 is 0 Å². The number of rotatable bonds is 0. The number of hydrogen-bond donors (Lipinski definition) is 0. The molecule has 3 nitrogen and oxygen atoms in total. The summed E-state index contributed by atoms with van der Waals surface area (Å²) in [6.07, 6.45) is 22.1. The first kappa shape index (κ1) is 34.7. The minimum atomic E-state index is 0. The summed E-state index contributed by atoms with van der Waals surface area (Å²) in [6.45, 7) is 27.4. The molecular formula is C34H57N3. The summed E-state index contributed by atoms with van der Waals surface area (Å²) < 4.78 is 0. The van der Waals surface area contributed by atoms with Gasteiger partial charge in [0.25, 0.3) is 0 Å². The van der Waals surface area contributed by atoms with Gasteiger partial charge in [-0.1, -0.05) is 133 Å². The first-order valence-electron chi connectivity index (χ1n) is 13.4. The first-order chi connectivity index (χ1) is 16.4. The molecule has 0 aromatic carbocycles. The van der Waals surface area contributed by atoms with Crippen molar-refractivity contribution in [1.29, 1.82) is 0 Å². The van der Waals surface area contributed by atoms with Crippen LogP contribution < -0.4 is 0 Å². The Kier molecular flexibility index (Phi) is 13.7. The van der Waals surface area contributed by atoms with Gasteiger partial charge in [0, 0.05) is 53.7 Å². The van der Waals surface area contributed by atoms with Crippen molar-refractivity contribution in [1.82, 2.24) is 0 Å². The van der Waals surface area contributed by atoms with Crippen LogP contribution in [0.15, 0.2) is 74.5 Å². The van der Waals surface area contributed by atoms with E-state index in [4.69, 9.17) is 0 Å². The van der Waals surface area contributed by atoms with Crippen LogP contribution >= 0.6 is 0 Å². The lowest BCUT2D eigenvalue weighted by Crippen LogP contribution is -2.17. The Balaban J connectivity index is 0.000000463. The SMILES string of the molecule is C.CC(C)(C)C1=CC=CC1.CC(C)(C)C1=CCC=N1.CC(C)(C)C1=CCN=C1.CC(C)(C)C1=NC=CC1. The van der Waals surface area contributed by atoms with Crippen LogP contribution in [0.5, 0.6) is 0 Å². The Morgan fingerprint density at radius 1 is 0.703 bits per heavy atom. The molecule has 0 bridgehead atoms. The normalized spacial score (nSPS) is 17.8. The van der Waals surface area contributed by atoms with E-state index in [-0.39, 0.29) is 18.3 Å². The second kappa shape index (κ2) is 14.6. The number of allylic oxidation sites excluding steroid dienone is 8. The molecule has 0 unspecified atom stereocenters. The maximum absolute atomic E-state index is 4.24. The van der Waals surface area contributed by atoms with Gasteiger partial charge in [-0.25, -0.2) is 0 Å². The molecule has 3 aliphatic heterocycles. The summed E-state index contributed by atoms with van der Waals surface area (Å²) in [5.74, 6) is 0. The summed E-state index contributed by atoms with van der Waals surface area (Å²) >= 11 is 0. The molecule has 3 heterocycles. The highest BCUT2D eigenvalue weighted by atomic mass is 14.8. The van der Waals surface area contributed by atoms with Crippen molar-refractivity contribution < 1.29 is 0 Å². The summed E-state index contributed by atoms with van der Waals surface area (Å²) in [5.41, 5.74) is 6.61. The van der Waals surface area contributed by atoms with Gasteiger partial charge in [0.1, 0.15) is 0 Å². The molecule has 4 rings (SSSR count). The third kappa shape index (κ3) is 13.7. The highest BCUT2D eigenvalue weighted by Crippen LogP contribution is 2.30. The summed E-state index contributed by atoms with van der Waals surface area (Å²) in [4.78, 5) is 12.6. The Bertz CT molecular complexity index is 868. The lowest BCUT2D eigenvalue weighted by Gasteiger charge is -2.19. The number of nitrogens with zero attached hydrogens (tertiary/aromatic N) is 3. The van der Waals surface area contributed by atoms with Crippen LogP contribution in [0.25, 0.3) is 0 Å². The Morgan fingerprint density at radius 2 is 1.35 bits per heavy atom. The van der Waals surface area contributed by atoms with Gasteiger partial charge in [0.2, 0.25) is 0 Å². The molecule has 0 atom stereocenters. The Morgan fingerprint density at radius 3 is 1.57 bits per heavy atom. The molecular weight excluding hydrogens is 450 g/mol. The molecule has 4 aliphatic rings. The Hall–Kier alpha value is -2.29. The van der Waals surface area contributed by atoms with Crippen LogP contribution in [-0.4, -0.2) is 24.7 Å². The van der Waals surface area contributed by atoms with E-state index in [1.165, 1.54) is 17.0 Å². The molecule has 0 radical (unpaired) electrons. The van der Waals surface area contributed by atoms with Crippen molar-refractivity contribution in [2.45, 2.75) is 110 Å². The zero-order valence-electron chi connectivity index (χ0n) is 25.4. The smallest absolute Gasteiger partial charge is 0.0576 e. The van der Waals surface area contributed by atoms with Crippen molar-refractivity contribution in [3.63, 3.8) is 0 Å². The average Bonchev–Trinajstić information content (AvgIpc) is 3.57. The second-order valence-electron chi connectivity index (χ2n) is 13.8. The predicted octanol–water partition coefficient (Wildman–Crippen LogP) is 10.4. The van der Waals surface area contributed by atoms with Gasteiger partial charge in [0.15, 0.2) is 0 Å². The number of aliphatic imine (C=N–C) groups is 3. The second-order valence-corrected chi connectivity index (χ2v) is 13.8. The standard InChI is InChI=1S/C9H14.3C8H13N.CH4/c1-9(2,3)8-6-4-5-7-8;1-8(2,3)7-4-5-9-6-7;2*1-8(2,3)7-5-4-6-9-7;/h4-6H,7H2,1-3H3;4,6H,5H2,1-3H3;5-6H,4H2,1-3H3;4,6H,5H2,1-3H3;1H4. The number of hydrogen-bond acceptors (Lipinski definition) is 3. The molecule has 0 aromatic heterocycles. The third-order valence-electron chi connectivity index (χ3n) is 6.18. The lowest BCUT2D eigenvalue weighted by atomic mass is 9.86. The van der Waals surface area contributed by atoms with Crippen molar-refractivity contribution in [2.75, 3.05) is 6.54 Å². The topological polar surface area (TPSA) is 37.1 Å². The van der Waals surface area contributed by atoms with E-state index in [9.17, 15) is 0 Å². The first-order valence-corrected chi connectivity index (χ1v) is 13.4. The van der Waals surface area contributed by atoms with E-state index in [0.29, 0.717) is 10.8 Å². The van der Waals surface area contributed by atoms with Crippen molar-refractivity contribution in [3.8, 4) is 0 Å². The summed E-state index contributed by atoms with van der Waals surface area (Å²) in [6, 6.07) is 0. The van der Waals surface area contributed by atoms with Crippen LogP contribution in [0.4, 0.5) is 0 Å². The molecule has 0 spiro atoms. The molecule has 0 aromatic rings. The highest BCUT2D eigenvalue weighted by Gasteiger charge is 2.19. The molecule has 0 fully saturated rings. The van der Waals surface area contributed by atoms with E-state index in [2.05, 4.69) is 135 Å². The zero-order valence-corrected chi connectivity index (χ0v) is 25.4. The van der Waals surface area contributed by atoms with Crippen LogP contribution in [0.3, 0.4) is 0 Å². The monoisotopic (exact) mass is 507 g/mol. The van der Waals surface area contributed by atoms with Crippen molar-refractivity contribution in [3.05, 3.63) is 59.5 Å². The fourth-order valence-corrected chi connectivity index (χ4v) is 3.59. The molecule has 0 saturated heterocycles. The van der Waals surface area contributed by atoms with Gasteiger partial charge in [-0.2, -0.15) is 0 Å².